The van der Waals surface area contributed by atoms with Crippen molar-refractivity contribution in [1.29, 1.82) is 0 Å². The van der Waals surface area contributed by atoms with Crippen molar-refractivity contribution in [2.45, 2.75) is 13.8 Å². The number of hydrogen-bond acceptors (Lipinski definition) is 3. The first-order valence-electron chi connectivity index (χ1n) is 5.07. The molecular formula is C12H19NO2. The van der Waals surface area contributed by atoms with Crippen LogP contribution in [0.2, 0.25) is 0 Å². The van der Waals surface area contributed by atoms with E-state index in [1.165, 1.54) is 11.1 Å². The van der Waals surface area contributed by atoms with Crippen molar-refractivity contribution in [2.75, 3.05) is 32.7 Å². The fourth-order valence-electron chi connectivity index (χ4n) is 1.38. The molecule has 0 saturated heterocycles. The molecule has 15 heavy (non-hydrogen) atoms. The minimum absolute atomic E-state index is 0.691. The molecule has 1 rings (SSSR count). The SMILES string of the molecule is COCCNc1cc(C)c(C)cc1OC. The van der Waals surface area contributed by atoms with Crippen molar-refractivity contribution >= 4 is 5.69 Å². The van der Waals surface area contributed by atoms with Gasteiger partial charge in [0.1, 0.15) is 5.75 Å². The van der Waals surface area contributed by atoms with E-state index >= 15 is 0 Å². The van der Waals surface area contributed by atoms with Crippen LogP contribution in [0, 0.1) is 13.8 Å². The van der Waals surface area contributed by atoms with E-state index in [1.807, 2.05) is 6.07 Å². The van der Waals surface area contributed by atoms with E-state index in [0.717, 1.165) is 18.0 Å². The second-order valence-corrected chi connectivity index (χ2v) is 3.56. The van der Waals surface area contributed by atoms with E-state index in [0.29, 0.717) is 6.61 Å². The second-order valence-electron chi connectivity index (χ2n) is 3.56. The van der Waals surface area contributed by atoms with Crippen molar-refractivity contribution in [2.24, 2.45) is 0 Å². The molecule has 0 bridgehead atoms. The summed E-state index contributed by atoms with van der Waals surface area (Å²) < 4.78 is 10.3. The average molecular weight is 209 g/mol. The predicted octanol–water partition coefficient (Wildman–Crippen LogP) is 2.37. The summed E-state index contributed by atoms with van der Waals surface area (Å²) in [5.74, 6) is 0.884. The van der Waals surface area contributed by atoms with Gasteiger partial charge in [0.15, 0.2) is 0 Å². The molecule has 0 saturated carbocycles. The predicted molar refractivity (Wildman–Crippen MR) is 62.8 cm³/mol. The first-order valence-corrected chi connectivity index (χ1v) is 5.07. The van der Waals surface area contributed by atoms with Crippen LogP contribution in [-0.2, 0) is 4.74 Å². The summed E-state index contributed by atoms with van der Waals surface area (Å²) in [6.07, 6.45) is 0. The van der Waals surface area contributed by atoms with Gasteiger partial charge in [-0.25, -0.2) is 0 Å². The zero-order chi connectivity index (χ0) is 11.3. The number of ether oxygens (including phenoxy) is 2. The summed E-state index contributed by atoms with van der Waals surface area (Å²) in [4.78, 5) is 0. The van der Waals surface area contributed by atoms with E-state index < -0.39 is 0 Å². The first kappa shape index (κ1) is 11.9. The molecule has 1 aromatic rings. The summed E-state index contributed by atoms with van der Waals surface area (Å²) >= 11 is 0. The third kappa shape index (κ3) is 3.13. The molecule has 0 aliphatic carbocycles. The molecule has 0 radical (unpaired) electrons. The lowest BCUT2D eigenvalue weighted by Crippen LogP contribution is -2.08. The summed E-state index contributed by atoms with van der Waals surface area (Å²) in [6.45, 7) is 5.65. The number of nitrogens with one attached hydrogen (secondary N) is 1. The second kappa shape index (κ2) is 5.61. The van der Waals surface area contributed by atoms with Crippen LogP contribution in [0.4, 0.5) is 5.69 Å². The van der Waals surface area contributed by atoms with Crippen LogP contribution >= 0.6 is 0 Å². The standard InChI is InChI=1S/C12H19NO2/c1-9-7-11(13-5-6-14-3)12(15-4)8-10(9)2/h7-8,13H,5-6H2,1-4H3. The van der Waals surface area contributed by atoms with E-state index in [-0.39, 0.29) is 0 Å². The third-order valence-electron chi connectivity index (χ3n) is 2.44. The van der Waals surface area contributed by atoms with Gasteiger partial charge in [0, 0.05) is 13.7 Å². The quantitative estimate of drug-likeness (QED) is 0.755. The van der Waals surface area contributed by atoms with Gasteiger partial charge in [-0.15, -0.1) is 0 Å². The fraction of sp³-hybridized carbons (Fsp3) is 0.500. The molecule has 0 unspecified atom stereocenters. The summed E-state index contributed by atoms with van der Waals surface area (Å²) in [5, 5.41) is 3.28. The Labute approximate surface area is 91.4 Å². The number of aryl methyl sites for hydroxylation is 2. The average Bonchev–Trinajstić information content (AvgIpc) is 2.23. The maximum atomic E-state index is 5.31. The first-order chi connectivity index (χ1) is 7.19. The highest BCUT2D eigenvalue weighted by atomic mass is 16.5. The third-order valence-corrected chi connectivity index (χ3v) is 2.44. The lowest BCUT2D eigenvalue weighted by molar-refractivity contribution is 0.210. The van der Waals surface area contributed by atoms with Gasteiger partial charge < -0.3 is 14.8 Å². The molecule has 3 nitrogen and oxygen atoms in total. The molecule has 84 valence electrons. The van der Waals surface area contributed by atoms with Gasteiger partial charge in [0.25, 0.3) is 0 Å². The Morgan fingerprint density at radius 1 is 1.13 bits per heavy atom. The molecule has 1 N–H and O–H groups in total. The Kier molecular flexibility index (Phi) is 4.43. The fourth-order valence-corrected chi connectivity index (χ4v) is 1.38. The van der Waals surface area contributed by atoms with Crippen LogP contribution in [0.15, 0.2) is 12.1 Å². The number of hydrogen-bond donors (Lipinski definition) is 1. The molecule has 0 atom stereocenters. The molecule has 0 spiro atoms. The Hall–Kier alpha value is -1.22. The molecule has 0 fully saturated rings. The normalized spacial score (nSPS) is 10.1. The number of anilines is 1. The zero-order valence-corrected chi connectivity index (χ0v) is 9.89. The monoisotopic (exact) mass is 209 g/mol. The highest BCUT2D eigenvalue weighted by molar-refractivity contribution is 5.59. The molecule has 1 aromatic carbocycles. The van der Waals surface area contributed by atoms with Gasteiger partial charge >= 0.3 is 0 Å². The Morgan fingerprint density at radius 3 is 2.40 bits per heavy atom. The minimum atomic E-state index is 0.691. The number of methoxy groups -OCH3 is 2. The van der Waals surface area contributed by atoms with Crippen LogP contribution in [-0.4, -0.2) is 27.4 Å². The van der Waals surface area contributed by atoms with E-state index in [4.69, 9.17) is 9.47 Å². The highest BCUT2D eigenvalue weighted by Crippen LogP contribution is 2.27. The van der Waals surface area contributed by atoms with E-state index in [2.05, 4.69) is 25.2 Å². The van der Waals surface area contributed by atoms with Gasteiger partial charge in [0.05, 0.1) is 19.4 Å². The van der Waals surface area contributed by atoms with E-state index in [1.54, 1.807) is 14.2 Å². The summed E-state index contributed by atoms with van der Waals surface area (Å²) in [6, 6.07) is 4.15. The van der Waals surface area contributed by atoms with Crippen LogP contribution in [0.3, 0.4) is 0 Å². The molecule has 3 heteroatoms. The lowest BCUT2D eigenvalue weighted by Gasteiger charge is -2.13. The van der Waals surface area contributed by atoms with Gasteiger partial charge in [-0.05, 0) is 37.1 Å². The smallest absolute Gasteiger partial charge is 0.142 e. The molecule has 0 aromatic heterocycles. The van der Waals surface area contributed by atoms with Crippen molar-refractivity contribution in [3.05, 3.63) is 23.3 Å². The zero-order valence-electron chi connectivity index (χ0n) is 9.89. The van der Waals surface area contributed by atoms with Crippen LogP contribution < -0.4 is 10.1 Å². The maximum Gasteiger partial charge on any atom is 0.142 e. The van der Waals surface area contributed by atoms with Crippen LogP contribution in [0.25, 0.3) is 0 Å². The maximum absolute atomic E-state index is 5.31. The Balaban J connectivity index is 2.80. The topological polar surface area (TPSA) is 30.5 Å². The molecule has 0 amide bonds. The van der Waals surface area contributed by atoms with Crippen LogP contribution in [0.5, 0.6) is 5.75 Å². The largest absolute Gasteiger partial charge is 0.495 e. The molecule has 0 heterocycles. The number of benzene rings is 1. The van der Waals surface area contributed by atoms with Gasteiger partial charge in [-0.1, -0.05) is 0 Å². The van der Waals surface area contributed by atoms with Gasteiger partial charge in [-0.3, -0.25) is 0 Å². The molecule has 0 aliphatic rings. The lowest BCUT2D eigenvalue weighted by atomic mass is 10.1. The van der Waals surface area contributed by atoms with Crippen molar-refractivity contribution in [3.8, 4) is 5.75 Å². The van der Waals surface area contributed by atoms with E-state index in [9.17, 15) is 0 Å². The minimum Gasteiger partial charge on any atom is -0.495 e. The van der Waals surface area contributed by atoms with Crippen molar-refractivity contribution in [1.82, 2.24) is 0 Å². The number of rotatable bonds is 5. The molecule has 0 aliphatic heterocycles. The van der Waals surface area contributed by atoms with Gasteiger partial charge in [0.2, 0.25) is 0 Å². The summed E-state index contributed by atoms with van der Waals surface area (Å²) in [5.41, 5.74) is 3.53. The summed E-state index contributed by atoms with van der Waals surface area (Å²) in [7, 11) is 3.38. The van der Waals surface area contributed by atoms with Crippen LogP contribution in [0.1, 0.15) is 11.1 Å². The Morgan fingerprint density at radius 2 is 1.80 bits per heavy atom. The Bertz CT molecular complexity index is 324. The molecular weight excluding hydrogens is 190 g/mol. The van der Waals surface area contributed by atoms with Crippen molar-refractivity contribution < 1.29 is 9.47 Å². The van der Waals surface area contributed by atoms with Crippen molar-refractivity contribution in [3.63, 3.8) is 0 Å². The van der Waals surface area contributed by atoms with Gasteiger partial charge in [-0.2, -0.15) is 0 Å². The highest BCUT2D eigenvalue weighted by Gasteiger charge is 2.04.